The summed E-state index contributed by atoms with van der Waals surface area (Å²) in [6.45, 7) is 2.71. The molecule has 17 heavy (non-hydrogen) atoms. The lowest BCUT2D eigenvalue weighted by Gasteiger charge is -2.02. The molecule has 0 fully saturated rings. The van der Waals surface area contributed by atoms with Crippen molar-refractivity contribution < 1.29 is 4.79 Å². The van der Waals surface area contributed by atoms with Crippen molar-refractivity contribution in [2.75, 3.05) is 0 Å². The highest BCUT2D eigenvalue weighted by Gasteiger charge is 2.11. The third-order valence-corrected chi connectivity index (χ3v) is 3.20. The van der Waals surface area contributed by atoms with Crippen molar-refractivity contribution in [2.24, 2.45) is 0 Å². The summed E-state index contributed by atoms with van der Waals surface area (Å²) in [6, 6.07) is 7.55. The zero-order valence-electron chi connectivity index (χ0n) is 9.43. The fourth-order valence-electron chi connectivity index (χ4n) is 1.57. The van der Waals surface area contributed by atoms with Gasteiger partial charge in [-0.1, -0.05) is 12.1 Å². The molecule has 0 saturated heterocycles. The molecule has 0 saturated carbocycles. The molecule has 1 heterocycles. The van der Waals surface area contributed by atoms with E-state index < -0.39 is 0 Å². The molecule has 2 aromatic rings. The summed E-state index contributed by atoms with van der Waals surface area (Å²) in [7, 11) is 0. The van der Waals surface area contributed by atoms with Gasteiger partial charge in [-0.05, 0) is 41.6 Å². The Kier molecular flexibility index (Phi) is 3.88. The van der Waals surface area contributed by atoms with Crippen LogP contribution in [-0.4, -0.2) is 20.5 Å². The Balaban J connectivity index is 2.14. The summed E-state index contributed by atoms with van der Waals surface area (Å²) in [5.74, 6) is 0.792. The average Bonchev–Trinajstić information content (AvgIpc) is 2.77. The highest BCUT2D eigenvalue weighted by Crippen LogP contribution is 2.09. The number of hydrogen-bond donors (Lipinski definition) is 0. The number of benzene rings is 1. The number of halogens is 1. The van der Waals surface area contributed by atoms with Crippen LogP contribution in [0.25, 0.3) is 0 Å². The van der Waals surface area contributed by atoms with Gasteiger partial charge in [0, 0.05) is 15.7 Å². The molecule has 1 aromatic carbocycles. The van der Waals surface area contributed by atoms with Gasteiger partial charge in [-0.2, -0.15) is 5.10 Å². The van der Waals surface area contributed by atoms with Crippen molar-refractivity contribution >= 4 is 28.4 Å². The van der Waals surface area contributed by atoms with Gasteiger partial charge >= 0.3 is 0 Å². The number of aromatic nitrogens is 3. The van der Waals surface area contributed by atoms with E-state index in [0.29, 0.717) is 6.42 Å². The van der Waals surface area contributed by atoms with Gasteiger partial charge in [0.2, 0.25) is 0 Å². The first-order valence-electron chi connectivity index (χ1n) is 5.36. The van der Waals surface area contributed by atoms with Crippen molar-refractivity contribution in [2.45, 2.75) is 19.9 Å². The Morgan fingerprint density at radius 1 is 1.35 bits per heavy atom. The number of hydrogen-bond acceptors (Lipinski definition) is 3. The lowest BCUT2D eigenvalue weighted by molar-refractivity contribution is 0.0989. The first kappa shape index (κ1) is 12.2. The SMILES string of the molecule is CCn1ncnc1CC(=O)c1ccc(I)cc1. The van der Waals surface area contributed by atoms with E-state index in [2.05, 4.69) is 32.7 Å². The summed E-state index contributed by atoms with van der Waals surface area (Å²) >= 11 is 2.22. The van der Waals surface area contributed by atoms with E-state index >= 15 is 0 Å². The van der Waals surface area contributed by atoms with E-state index in [1.165, 1.54) is 6.33 Å². The molecule has 0 amide bonds. The Morgan fingerprint density at radius 2 is 2.06 bits per heavy atom. The maximum atomic E-state index is 12.0. The van der Waals surface area contributed by atoms with Crippen molar-refractivity contribution in [3.8, 4) is 0 Å². The number of Topliss-reactive ketones (excluding diaryl/α,β-unsaturated/α-hetero) is 1. The fraction of sp³-hybridized carbons (Fsp3) is 0.250. The van der Waals surface area contributed by atoms with Crippen LogP contribution in [0.4, 0.5) is 0 Å². The van der Waals surface area contributed by atoms with Gasteiger partial charge in [0.25, 0.3) is 0 Å². The fourth-order valence-corrected chi connectivity index (χ4v) is 1.93. The molecule has 1 aromatic heterocycles. The Labute approximate surface area is 113 Å². The van der Waals surface area contributed by atoms with Gasteiger partial charge in [0.05, 0.1) is 6.42 Å². The number of rotatable bonds is 4. The standard InChI is InChI=1S/C12H12IN3O/c1-2-16-12(14-8-15-16)7-11(17)9-3-5-10(13)6-4-9/h3-6,8H,2,7H2,1H3. The first-order chi connectivity index (χ1) is 8.20. The molecule has 2 rings (SSSR count). The maximum Gasteiger partial charge on any atom is 0.170 e. The van der Waals surface area contributed by atoms with Crippen LogP contribution in [0.5, 0.6) is 0 Å². The second-order valence-electron chi connectivity index (χ2n) is 3.60. The largest absolute Gasteiger partial charge is 0.294 e. The van der Waals surface area contributed by atoms with Gasteiger partial charge in [-0.3, -0.25) is 4.79 Å². The first-order valence-corrected chi connectivity index (χ1v) is 6.44. The van der Waals surface area contributed by atoms with E-state index in [1.54, 1.807) is 4.68 Å². The molecule has 0 aliphatic heterocycles. The zero-order valence-corrected chi connectivity index (χ0v) is 11.6. The number of carbonyl (C=O) groups is 1. The van der Waals surface area contributed by atoms with Crippen LogP contribution in [0.3, 0.4) is 0 Å². The number of nitrogens with zero attached hydrogens (tertiary/aromatic N) is 3. The summed E-state index contributed by atoms with van der Waals surface area (Å²) < 4.78 is 2.86. The second-order valence-corrected chi connectivity index (χ2v) is 4.84. The lowest BCUT2D eigenvalue weighted by Crippen LogP contribution is -2.10. The van der Waals surface area contributed by atoms with Crippen LogP contribution in [0, 0.1) is 3.57 Å². The van der Waals surface area contributed by atoms with Crippen molar-refractivity contribution in [1.82, 2.24) is 14.8 Å². The third-order valence-electron chi connectivity index (χ3n) is 2.48. The average molecular weight is 341 g/mol. The van der Waals surface area contributed by atoms with Crippen LogP contribution in [0.15, 0.2) is 30.6 Å². The minimum atomic E-state index is 0.0732. The van der Waals surface area contributed by atoms with Crippen molar-refractivity contribution in [3.63, 3.8) is 0 Å². The topological polar surface area (TPSA) is 47.8 Å². The molecule has 0 aliphatic carbocycles. The minimum absolute atomic E-state index is 0.0732. The zero-order chi connectivity index (χ0) is 12.3. The number of carbonyl (C=O) groups excluding carboxylic acids is 1. The molecule has 0 aliphatic rings. The molecule has 0 N–H and O–H groups in total. The molecule has 0 atom stereocenters. The molecule has 0 radical (unpaired) electrons. The Hall–Kier alpha value is -1.24. The second kappa shape index (κ2) is 5.39. The van der Waals surface area contributed by atoms with Gasteiger partial charge in [-0.25, -0.2) is 9.67 Å². The highest BCUT2D eigenvalue weighted by molar-refractivity contribution is 14.1. The van der Waals surface area contributed by atoms with E-state index in [9.17, 15) is 4.79 Å². The van der Waals surface area contributed by atoms with E-state index in [4.69, 9.17) is 0 Å². The van der Waals surface area contributed by atoms with Crippen LogP contribution >= 0.6 is 22.6 Å². The van der Waals surface area contributed by atoms with E-state index in [-0.39, 0.29) is 5.78 Å². The predicted octanol–water partition coefficient (Wildman–Crippen LogP) is 2.33. The predicted molar refractivity (Wildman–Crippen MR) is 72.9 cm³/mol. The lowest BCUT2D eigenvalue weighted by atomic mass is 10.1. The minimum Gasteiger partial charge on any atom is -0.294 e. The quantitative estimate of drug-likeness (QED) is 0.634. The van der Waals surface area contributed by atoms with Gasteiger partial charge in [0.1, 0.15) is 12.2 Å². The summed E-state index contributed by atoms with van der Waals surface area (Å²) in [5.41, 5.74) is 0.719. The maximum absolute atomic E-state index is 12.0. The van der Waals surface area contributed by atoms with Gasteiger partial charge < -0.3 is 0 Å². The van der Waals surface area contributed by atoms with Crippen LogP contribution < -0.4 is 0 Å². The van der Waals surface area contributed by atoms with E-state index in [0.717, 1.165) is 21.5 Å². The molecule has 0 spiro atoms. The monoisotopic (exact) mass is 341 g/mol. The molecular formula is C12H12IN3O. The van der Waals surface area contributed by atoms with Gasteiger partial charge in [0.15, 0.2) is 5.78 Å². The summed E-state index contributed by atoms with van der Waals surface area (Å²) in [4.78, 5) is 16.1. The summed E-state index contributed by atoms with van der Waals surface area (Å²) in [6.07, 6.45) is 1.79. The van der Waals surface area contributed by atoms with Crippen LogP contribution in [-0.2, 0) is 13.0 Å². The smallest absolute Gasteiger partial charge is 0.170 e. The van der Waals surface area contributed by atoms with E-state index in [1.807, 2.05) is 31.2 Å². The van der Waals surface area contributed by atoms with Gasteiger partial charge in [-0.15, -0.1) is 0 Å². The third kappa shape index (κ3) is 2.91. The molecular weight excluding hydrogens is 329 g/mol. The van der Waals surface area contributed by atoms with Crippen molar-refractivity contribution in [1.29, 1.82) is 0 Å². The molecule has 88 valence electrons. The molecule has 5 heteroatoms. The van der Waals surface area contributed by atoms with Crippen molar-refractivity contribution in [3.05, 3.63) is 45.6 Å². The number of ketones is 1. The molecule has 4 nitrogen and oxygen atoms in total. The Morgan fingerprint density at radius 3 is 2.71 bits per heavy atom. The summed E-state index contributed by atoms with van der Waals surface area (Å²) in [5, 5.41) is 4.05. The normalized spacial score (nSPS) is 10.5. The van der Waals surface area contributed by atoms with Crippen LogP contribution in [0.2, 0.25) is 0 Å². The molecule has 0 unspecified atom stereocenters. The highest BCUT2D eigenvalue weighted by atomic mass is 127. The Bertz CT molecular complexity index is 519. The number of aryl methyl sites for hydroxylation is 1. The molecule has 0 bridgehead atoms. The van der Waals surface area contributed by atoms with Crippen LogP contribution in [0.1, 0.15) is 23.1 Å².